The third-order valence-electron chi connectivity index (χ3n) is 5.61. The van der Waals surface area contributed by atoms with E-state index in [1.807, 2.05) is 66.7 Å². The normalized spacial score (nSPS) is 10.6. The maximum Gasteiger partial charge on any atom is 0.337 e. The number of amides is 1. The van der Waals surface area contributed by atoms with Crippen molar-refractivity contribution in [3.05, 3.63) is 107 Å². The van der Waals surface area contributed by atoms with E-state index in [1.165, 1.54) is 7.11 Å². The molecule has 1 aromatic heterocycles. The molecule has 4 aromatic rings. The second-order valence-corrected chi connectivity index (χ2v) is 8.00. The van der Waals surface area contributed by atoms with Crippen molar-refractivity contribution in [3.63, 3.8) is 0 Å². The number of nitrogens with zero attached hydrogens (tertiary/aromatic N) is 2. The lowest BCUT2D eigenvalue weighted by Crippen LogP contribution is -2.25. The number of esters is 1. The summed E-state index contributed by atoms with van der Waals surface area (Å²) in [4.78, 5) is 24.8. The van der Waals surface area contributed by atoms with Gasteiger partial charge in [0.15, 0.2) is 0 Å². The molecular formula is C28H27N3O4. The quantitative estimate of drug-likeness (QED) is 0.368. The van der Waals surface area contributed by atoms with Crippen molar-refractivity contribution in [2.24, 2.45) is 0 Å². The number of carbonyl (C=O) groups is 2. The molecule has 1 amide bonds. The number of benzene rings is 3. The van der Waals surface area contributed by atoms with Crippen molar-refractivity contribution in [1.82, 2.24) is 15.1 Å². The Labute approximate surface area is 204 Å². The molecule has 0 aliphatic heterocycles. The molecule has 0 aliphatic carbocycles. The van der Waals surface area contributed by atoms with Gasteiger partial charge in [0.1, 0.15) is 11.4 Å². The van der Waals surface area contributed by atoms with Crippen LogP contribution in [-0.4, -0.2) is 42.4 Å². The summed E-state index contributed by atoms with van der Waals surface area (Å²) in [7, 11) is 2.96. The first-order chi connectivity index (χ1) is 17.1. The molecule has 0 fully saturated rings. The highest BCUT2D eigenvalue weighted by atomic mass is 16.5. The number of hydrogen-bond acceptors (Lipinski definition) is 5. The van der Waals surface area contributed by atoms with Crippen LogP contribution in [0.4, 0.5) is 0 Å². The van der Waals surface area contributed by atoms with Crippen molar-refractivity contribution in [3.8, 4) is 17.0 Å². The minimum atomic E-state index is -0.373. The van der Waals surface area contributed by atoms with Crippen LogP contribution in [0.25, 0.3) is 11.3 Å². The molecule has 0 atom stereocenters. The van der Waals surface area contributed by atoms with Crippen molar-refractivity contribution in [1.29, 1.82) is 0 Å². The summed E-state index contributed by atoms with van der Waals surface area (Å²) in [6.45, 7) is 0.995. The fourth-order valence-electron chi connectivity index (χ4n) is 3.76. The third-order valence-corrected chi connectivity index (χ3v) is 5.61. The van der Waals surface area contributed by atoms with Gasteiger partial charge in [0.2, 0.25) is 0 Å². The van der Waals surface area contributed by atoms with Crippen LogP contribution in [0.1, 0.15) is 31.8 Å². The van der Waals surface area contributed by atoms with Gasteiger partial charge in [-0.25, -0.2) is 4.79 Å². The van der Waals surface area contributed by atoms with Crippen molar-refractivity contribution in [2.45, 2.75) is 13.0 Å². The van der Waals surface area contributed by atoms with E-state index < -0.39 is 0 Å². The maximum absolute atomic E-state index is 13.2. The van der Waals surface area contributed by atoms with E-state index in [4.69, 9.17) is 14.6 Å². The topological polar surface area (TPSA) is 82.5 Å². The second-order valence-electron chi connectivity index (χ2n) is 8.00. The molecule has 7 nitrogen and oxygen atoms in total. The van der Waals surface area contributed by atoms with Gasteiger partial charge in [0, 0.05) is 18.3 Å². The lowest BCUT2D eigenvalue weighted by atomic mass is 10.1. The van der Waals surface area contributed by atoms with Crippen molar-refractivity contribution < 1.29 is 19.1 Å². The van der Waals surface area contributed by atoms with Crippen LogP contribution in [0.2, 0.25) is 0 Å². The van der Waals surface area contributed by atoms with Crippen LogP contribution >= 0.6 is 0 Å². The lowest BCUT2D eigenvalue weighted by Gasteiger charge is -2.07. The van der Waals surface area contributed by atoms with Gasteiger partial charge in [0.05, 0.1) is 31.9 Å². The van der Waals surface area contributed by atoms with E-state index in [1.54, 1.807) is 30.1 Å². The fourth-order valence-corrected chi connectivity index (χ4v) is 3.76. The second kappa shape index (κ2) is 11.2. The number of aromatic nitrogens is 2. The molecule has 1 heterocycles. The van der Waals surface area contributed by atoms with Crippen LogP contribution in [0.15, 0.2) is 85.1 Å². The summed E-state index contributed by atoms with van der Waals surface area (Å²) in [5, 5.41) is 7.73. The molecule has 0 aliphatic rings. The number of methoxy groups -OCH3 is 2. The lowest BCUT2D eigenvalue weighted by molar-refractivity contribution is 0.0600. The summed E-state index contributed by atoms with van der Waals surface area (Å²) in [5.41, 5.74) is 4.49. The van der Waals surface area contributed by atoms with Gasteiger partial charge < -0.3 is 14.8 Å². The number of rotatable bonds is 9. The number of nitrogens with one attached hydrogen (secondary N) is 1. The minimum Gasteiger partial charge on any atom is -0.497 e. The molecule has 7 heteroatoms. The van der Waals surface area contributed by atoms with Gasteiger partial charge in [0.25, 0.3) is 5.91 Å². The van der Waals surface area contributed by atoms with Gasteiger partial charge in [-0.3, -0.25) is 9.48 Å². The van der Waals surface area contributed by atoms with Crippen LogP contribution in [0.3, 0.4) is 0 Å². The summed E-state index contributed by atoms with van der Waals surface area (Å²) in [5.74, 6) is 0.123. The summed E-state index contributed by atoms with van der Waals surface area (Å²) < 4.78 is 11.9. The highest BCUT2D eigenvalue weighted by Gasteiger charge is 2.18. The molecule has 3 aromatic carbocycles. The highest BCUT2D eigenvalue weighted by Crippen LogP contribution is 2.26. The zero-order valence-electron chi connectivity index (χ0n) is 19.7. The number of ether oxygens (including phenoxy) is 2. The van der Waals surface area contributed by atoms with E-state index in [-0.39, 0.29) is 11.9 Å². The fraction of sp³-hybridized carbons (Fsp3) is 0.179. The van der Waals surface area contributed by atoms with Gasteiger partial charge in [-0.15, -0.1) is 0 Å². The molecule has 0 saturated heterocycles. The molecule has 0 saturated carbocycles. The van der Waals surface area contributed by atoms with Crippen LogP contribution in [-0.2, 0) is 17.7 Å². The molecule has 178 valence electrons. The predicted molar refractivity (Wildman–Crippen MR) is 134 cm³/mol. The Morgan fingerprint density at radius 2 is 1.69 bits per heavy atom. The van der Waals surface area contributed by atoms with E-state index in [9.17, 15) is 9.59 Å². The molecule has 35 heavy (non-hydrogen) atoms. The smallest absolute Gasteiger partial charge is 0.337 e. The predicted octanol–water partition coefficient (Wildman–Crippen LogP) is 4.37. The minimum absolute atomic E-state index is 0.201. The van der Waals surface area contributed by atoms with Gasteiger partial charge in [-0.2, -0.15) is 5.10 Å². The first kappa shape index (κ1) is 23.8. The van der Waals surface area contributed by atoms with Crippen molar-refractivity contribution >= 4 is 11.9 Å². The van der Waals surface area contributed by atoms with Gasteiger partial charge >= 0.3 is 5.97 Å². The Morgan fingerprint density at radius 1 is 0.914 bits per heavy atom. The average Bonchev–Trinajstić information content (AvgIpc) is 3.33. The van der Waals surface area contributed by atoms with Crippen molar-refractivity contribution in [2.75, 3.05) is 20.8 Å². The standard InChI is InChI=1S/C28H27N3O4/c1-34-24-10-6-9-23(17-24)26-25(19-31(30-26)18-21-7-4-3-5-8-21)27(32)29-16-15-20-11-13-22(14-12-20)28(33)35-2/h3-14,17,19H,15-16,18H2,1-2H3,(H,29,32). The Hall–Kier alpha value is -4.39. The van der Waals surface area contributed by atoms with E-state index in [0.717, 1.165) is 16.7 Å². The monoisotopic (exact) mass is 469 g/mol. The third kappa shape index (κ3) is 5.95. The van der Waals surface area contributed by atoms with E-state index >= 15 is 0 Å². The molecular weight excluding hydrogens is 442 g/mol. The van der Waals surface area contributed by atoms with Crippen LogP contribution < -0.4 is 10.1 Å². The summed E-state index contributed by atoms with van der Waals surface area (Å²) in [6, 6.07) is 24.7. The van der Waals surface area contributed by atoms with Crippen LogP contribution in [0, 0.1) is 0 Å². The molecule has 0 bridgehead atoms. The first-order valence-corrected chi connectivity index (χ1v) is 11.3. The maximum atomic E-state index is 13.2. The largest absolute Gasteiger partial charge is 0.497 e. The first-order valence-electron chi connectivity index (χ1n) is 11.3. The molecule has 0 unspecified atom stereocenters. The Bertz CT molecular complexity index is 1300. The zero-order chi connectivity index (χ0) is 24.6. The summed E-state index contributed by atoms with van der Waals surface area (Å²) >= 11 is 0. The van der Waals surface area contributed by atoms with E-state index in [2.05, 4.69) is 5.32 Å². The molecule has 4 rings (SSSR count). The van der Waals surface area contributed by atoms with E-state index in [0.29, 0.717) is 42.1 Å². The average molecular weight is 470 g/mol. The molecule has 1 N–H and O–H groups in total. The Kier molecular flexibility index (Phi) is 7.57. The van der Waals surface area contributed by atoms with Crippen LogP contribution in [0.5, 0.6) is 5.75 Å². The SMILES string of the molecule is COC(=O)c1ccc(CCNC(=O)c2cn(Cc3ccccc3)nc2-c2cccc(OC)c2)cc1. The highest BCUT2D eigenvalue weighted by molar-refractivity contribution is 5.99. The number of carbonyl (C=O) groups excluding carboxylic acids is 2. The summed E-state index contributed by atoms with van der Waals surface area (Å²) in [6.07, 6.45) is 2.40. The Morgan fingerprint density at radius 3 is 2.40 bits per heavy atom. The molecule has 0 spiro atoms. The van der Waals surface area contributed by atoms with Gasteiger partial charge in [-0.1, -0.05) is 54.6 Å². The Balaban J connectivity index is 1.51. The molecule has 0 radical (unpaired) electrons. The zero-order valence-corrected chi connectivity index (χ0v) is 19.7. The number of hydrogen-bond donors (Lipinski definition) is 1. The van der Waals surface area contributed by atoms with Gasteiger partial charge in [-0.05, 0) is 41.8 Å².